The van der Waals surface area contributed by atoms with Crippen molar-refractivity contribution in [1.82, 2.24) is 15.5 Å². The molecule has 6 nitrogen and oxygen atoms in total. The van der Waals surface area contributed by atoms with E-state index >= 15 is 0 Å². The van der Waals surface area contributed by atoms with E-state index in [0.717, 1.165) is 12.5 Å². The second kappa shape index (κ2) is 7.77. The van der Waals surface area contributed by atoms with Crippen molar-refractivity contribution in [3.8, 4) is 0 Å². The molecule has 122 valence electrons. The molecule has 1 saturated heterocycles. The second-order valence-corrected chi connectivity index (χ2v) is 7.50. The minimum atomic E-state index is -0.443. The lowest BCUT2D eigenvalue weighted by molar-refractivity contribution is 0.00701. The van der Waals surface area contributed by atoms with Crippen LogP contribution in [0.5, 0.6) is 0 Å². The molecule has 0 saturated carbocycles. The summed E-state index contributed by atoms with van der Waals surface area (Å²) in [5, 5.41) is 7.13. The fourth-order valence-electron chi connectivity index (χ4n) is 1.76. The number of amides is 1. The average molecular weight is 316 g/mol. The predicted octanol–water partition coefficient (Wildman–Crippen LogP) is 1.52. The van der Waals surface area contributed by atoms with E-state index in [1.807, 2.05) is 32.5 Å². The van der Waals surface area contributed by atoms with E-state index in [2.05, 4.69) is 28.8 Å². The van der Waals surface area contributed by atoms with Crippen molar-refractivity contribution in [3.05, 3.63) is 0 Å². The summed E-state index contributed by atoms with van der Waals surface area (Å²) in [5.74, 6) is 0.782. The maximum Gasteiger partial charge on any atom is 0.410 e. The number of hydrogen-bond donors (Lipinski definition) is 2. The molecular weight excluding hydrogens is 288 g/mol. The topological polar surface area (TPSA) is 66.0 Å². The van der Waals surface area contributed by atoms with E-state index in [-0.39, 0.29) is 12.1 Å². The summed E-state index contributed by atoms with van der Waals surface area (Å²) in [6, 6.07) is 0.230. The largest absolute Gasteiger partial charge is 0.444 e. The van der Waals surface area contributed by atoms with Gasteiger partial charge in [-0.2, -0.15) is 11.8 Å². The summed E-state index contributed by atoms with van der Waals surface area (Å²) in [4.78, 5) is 17.7. The van der Waals surface area contributed by atoms with Crippen LogP contribution in [0, 0.1) is 0 Å². The van der Waals surface area contributed by atoms with Crippen LogP contribution in [-0.2, 0) is 4.74 Å². The standard InChI is InChI=1S/C14H28N4O2S/c1-10(21-6)7-16-12(15-5)17-11-8-18(9-11)13(19)20-14(2,3)4/h10-11H,7-9H2,1-6H3,(H2,15,16,17). The van der Waals surface area contributed by atoms with Gasteiger partial charge in [0.15, 0.2) is 5.96 Å². The normalized spacial score (nSPS) is 18.0. The molecule has 0 bridgehead atoms. The average Bonchev–Trinajstić information content (AvgIpc) is 2.33. The van der Waals surface area contributed by atoms with Gasteiger partial charge in [0.2, 0.25) is 0 Å². The predicted molar refractivity (Wildman–Crippen MR) is 89.1 cm³/mol. The van der Waals surface area contributed by atoms with Crippen molar-refractivity contribution in [2.45, 2.75) is 44.6 Å². The second-order valence-electron chi connectivity index (χ2n) is 6.23. The number of rotatable bonds is 4. The van der Waals surface area contributed by atoms with Crippen molar-refractivity contribution in [1.29, 1.82) is 0 Å². The monoisotopic (exact) mass is 316 g/mol. The lowest BCUT2D eigenvalue weighted by Gasteiger charge is -2.40. The Kier molecular flexibility index (Phi) is 6.64. The highest BCUT2D eigenvalue weighted by Gasteiger charge is 2.34. The van der Waals surface area contributed by atoms with Crippen LogP contribution in [0.25, 0.3) is 0 Å². The number of carbonyl (C=O) groups is 1. The zero-order valence-electron chi connectivity index (χ0n) is 13.9. The van der Waals surface area contributed by atoms with Crippen LogP contribution in [0.3, 0.4) is 0 Å². The zero-order valence-corrected chi connectivity index (χ0v) is 14.7. The quantitative estimate of drug-likeness (QED) is 0.608. The van der Waals surface area contributed by atoms with Crippen LogP contribution < -0.4 is 10.6 Å². The molecule has 1 heterocycles. The molecule has 0 aromatic heterocycles. The van der Waals surface area contributed by atoms with Crippen LogP contribution >= 0.6 is 11.8 Å². The van der Waals surface area contributed by atoms with Gasteiger partial charge in [-0.3, -0.25) is 4.99 Å². The number of nitrogens with one attached hydrogen (secondary N) is 2. The van der Waals surface area contributed by atoms with Crippen LogP contribution in [0.2, 0.25) is 0 Å². The summed E-state index contributed by atoms with van der Waals surface area (Å²) >= 11 is 1.81. The van der Waals surface area contributed by atoms with Gasteiger partial charge in [0.25, 0.3) is 0 Å². The number of carbonyl (C=O) groups excluding carboxylic acids is 1. The highest BCUT2D eigenvalue weighted by Crippen LogP contribution is 2.15. The van der Waals surface area contributed by atoms with Crippen LogP contribution in [-0.4, -0.2) is 66.8 Å². The number of likely N-dealkylation sites (tertiary alicyclic amines) is 1. The number of aliphatic imine (C=N–C) groups is 1. The molecule has 1 aliphatic rings. The maximum absolute atomic E-state index is 11.8. The van der Waals surface area contributed by atoms with Crippen LogP contribution in [0.1, 0.15) is 27.7 Å². The van der Waals surface area contributed by atoms with E-state index in [4.69, 9.17) is 4.74 Å². The molecule has 1 aliphatic heterocycles. The van der Waals surface area contributed by atoms with Crippen molar-refractivity contribution in [2.75, 3.05) is 32.9 Å². The number of hydrogen-bond acceptors (Lipinski definition) is 4. The Labute approximate surface area is 132 Å². The van der Waals surface area contributed by atoms with E-state index < -0.39 is 5.60 Å². The highest BCUT2D eigenvalue weighted by molar-refractivity contribution is 7.99. The Balaban J connectivity index is 2.28. The lowest BCUT2D eigenvalue weighted by atomic mass is 10.1. The maximum atomic E-state index is 11.8. The van der Waals surface area contributed by atoms with E-state index in [9.17, 15) is 4.79 Å². The van der Waals surface area contributed by atoms with Crippen molar-refractivity contribution in [2.24, 2.45) is 4.99 Å². The van der Waals surface area contributed by atoms with E-state index in [1.54, 1.807) is 11.9 Å². The molecule has 1 atom stereocenters. The van der Waals surface area contributed by atoms with E-state index in [1.165, 1.54) is 0 Å². The first-order valence-electron chi connectivity index (χ1n) is 7.23. The molecule has 1 amide bonds. The van der Waals surface area contributed by atoms with Gasteiger partial charge in [-0.05, 0) is 27.0 Å². The molecule has 1 fully saturated rings. The Bertz CT molecular complexity index is 376. The third-order valence-corrected chi connectivity index (χ3v) is 4.03. The van der Waals surface area contributed by atoms with Gasteiger partial charge in [0.05, 0.1) is 6.04 Å². The summed E-state index contributed by atoms with van der Waals surface area (Å²) in [7, 11) is 1.75. The summed E-state index contributed by atoms with van der Waals surface area (Å²) in [6.45, 7) is 9.94. The number of guanidine groups is 1. The number of nitrogens with zero attached hydrogens (tertiary/aromatic N) is 2. The smallest absolute Gasteiger partial charge is 0.410 e. The van der Waals surface area contributed by atoms with Gasteiger partial charge in [-0.1, -0.05) is 6.92 Å². The minimum absolute atomic E-state index is 0.230. The van der Waals surface area contributed by atoms with Crippen LogP contribution in [0.15, 0.2) is 4.99 Å². The molecular formula is C14H28N4O2S. The van der Waals surface area contributed by atoms with Gasteiger partial charge < -0.3 is 20.3 Å². The number of ether oxygens (including phenoxy) is 1. The van der Waals surface area contributed by atoms with Gasteiger partial charge in [0, 0.05) is 31.9 Å². The van der Waals surface area contributed by atoms with E-state index in [0.29, 0.717) is 18.3 Å². The molecule has 0 aliphatic carbocycles. The lowest BCUT2D eigenvalue weighted by Crippen LogP contribution is -2.63. The Morgan fingerprint density at radius 1 is 1.48 bits per heavy atom. The van der Waals surface area contributed by atoms with Crippen molar-refractivity contribution in [3.63, 3.8) is 0 Å². The summed E-state index contributed by atoms with van der Waals surface area (Å²) in [6.07, 6.45) is 1.84. The molecule has 0 aromatic rings. The third-order valence-electron chi connectivity index (χ3n) is 3.06. The first-order chi connectivity index (χ1) is 9.75. The molecule has 0 radical (unpaired) electrons. The third kappa shape index (κ3) is 6.46. The van der Waals surface area contributed by atoms with Gasteiger partial charge in [-0.15, -0.1) is 0 Å². The first kappa shape index (κ1) is 17.9. The SMILES string of the molecule is CN=C(NCC(C)SC)NC1CN(C(=O)OC(C)(C)C)C1. The minimum Gasteiger partial charge on any atom is -0.444 e. The molecule has 2 N–H and O–H groups in total. The molecule has 7 heteroatoms. The van der Waals surface area contributed by atoms with Crippen molar-refractivity contribution < 1.29 is 9.53 Å². The van der Waals surface area contributed by atoms with Gasteiger partial charge in [0.1, 0.15) is 5.60 Å². The molecule has 21 heavy (non-hydrogen) atoms. The molecule has 1 unspecified atom stereocenters. The molecule has 0 spiro atoms. The summed E-state index contributed by atoms with van der Waals surface area (Å²) in [5.41, 5.74) is -0.443. The van der Waals surface area contributed by atoms with Gasteiger partial charge >= 0.3 is 6.09 Å². The number of thioether (sulfide) groups is 1. The molecule has 1 rings (SSSR count). The van der Waals surface area contributed by atoms with Gasteiger partial charge in [-0.25, -0.2) is 4.79 Å². The van der Waals surface area contributed by atoms with Crippen LogP contribution in [0.4, 0.5) is 4.79 Å². The highest BCUT2D eigenvalue weighted by atomic mass is 32.2. The first-order valence-corrected chi connectivity index (χ1v) is 8.52. The Morgan fingerprint density at radius 2 is 2.10 bits per heavy atom. The summed E-state index contributed by atoms with van der Waals surface area (Å²) < 4.78 is 5.33. The molecule has 0 aromatic carbocycles. The zero-order chi connectivity index (χ0) is 16.0. The Morgan fingerprint density at radius 3 is 2.57 bits per heavy atom. The fraction of sp³-hybridized carbons (Fsp3) is 0.857. The van der Waals surface area contributed by atoms with Crippen molar-refractivity contribution >= 4 is 23.8 Å². The Hall–Kier alpha value is -1.11. The fourth-order valence-corrected chi connectivity index (χ4v) is 2.01.